The zero-order valence-corrected chi connectivity index (χ0v) is 10.7. The van der Waals surface area contributed by atoms with Crippen molar-refractivity contribution in [3.63, 3.8) is 0 Å². The van der Waals surface area contributed by atoms with Gasteiger partial charge in [0.15, 0.2) is 5.82 Å². The van der Waals surface area contributed by atoms with Crippen LogP contribution in [0.2, 0.25) is 0 Å². The van der Waals surface area contributed by atoms with Crippen LogP contribution in [0, 0.1) is 6.92 Å². The predicted molar refractivity (Wildman–Crippen MR) is 65.6 cm³/mol. The molecular formula is C13H15N3O3. The van der Waals surface area contributed by atoms with Crippen LogP contribution in [0.25, 0.3) is 0 Å². The van der Waals surface area contributed by atoms with Gasteiger partial charge in [0.25, 0.3) is 5.91 Å². The van der Waals surface area contributed by atoms with Crippen molar-refractivity contribution in [1.82, 2.24) is 15.0 Å². The molecule has 0 aliphatic carbocycles. The molecule has 3 rings (SSSR count). The summed E-state index contributed by atoms with van der Waals surface area (Å²) in [5.41, 5.74) is 0.586. The zero-order valence-electron chi connectivity index (χ0n) is 10.7. The highest BCUT2D eigenvalue weighted by atomic mass is 16.5. The van der Waals surface area contributed by atoms with Crippen LogP contribution in [-0.2, 0) is 0 Å². The average Bonchev–Trinajstić information content (AvgIpc) is 3.09. The molecule has 1 atom stereocenters. The SMILES string of the molecule is Cc1noc([C@@H]2CCCN(C(=O)c3ccoc3)C2)n1. The number of nitrogens with zero attached hydrogens (tertiary/aromatic N) is 3. The first-order chi connectivity index (χ1) is 9.24. The molecule has 0 saturated carbocycles. The van der Waals surface area contributed by atoms with Gasteiger partial charge in [0.05, 0.1) is 17.7 Å². The van der Waals surface area contributed by atoms with Gasteiger partial charge in [-0.3, -0.25) is 4.79 Å². The molecule has 2 aromatic heterocycles. The Bertz CT molecular complexity index is 561. The number of aryl methyl sites for hydroxylation is 1. The van der Waals surface area contributed by atoms with Gasteiger partial charge in [-0.25, -0.2) is 0 Å². The van der Waals surface area contributed by atoms with Gasteiger partial charge in [-0.2, -0.15) is 4.98 Å². The summed E-state index contributed by atoms with van der Waals surface area (Å²) in [7, 11) is 0. The first-order valence-corrected chi connectivity index (χ1v) is 6.35. The predicted octanol–water partition coefficient (Wildman–Crippen LogP) is 1.99. The number of hydrogen-bond donors (Lipinski definition) is 0. The first kappa shape index (κ1) is 12.0. The molecule has 0 unspecified atom stereocenters. The molecule has 0 aromatic carbocycles. The van der Waals surface area contributed by atoms with Crippen molar-refractivity contribution in [3.8, 4) is 0 Å². The quantitative estimate of drug-likeness (QED) is 0.826. The third-order valence-electron chi connectivity index (χ3n) is 3.37. The highest BCUT2D eigenvalue weighted by Gasteiger charge is 2.29. The Morgan fingerprint density at radius 3 is 3.11 bits per heavy atom. The Hall–Kier alpha value is -2.11. The summed E-state index contributed by atoms with van der Waals surface area (Å²) in [6.07, 6.45) is 4.89. The van der Waals surface area contributed by atoms with Gasteiger partial charge in [-0.15, -0.1) is 0 Å². The Kier molecular flexibility index (Phi) is 3.06. The molecule has 0 bridgehead atoms. The molecule has 1 amide bonds. The summed E-state index contributed by atoms with van der Waals surface area (Å²) in [5.74, 6) is 1.39. The van der Waals surface area contributed by atoms with E-state index in [1.54, 1.807) is 13.0 Å². The van der Waals surface area contributed by atoms with Crippen molar-refractivity contribution in [2.45, 2.75) is 25.7 Å². The van der Waals surface area contributed by atoms with Crippen LogP contribution in [-0.4, -0.2) is 34.0 Å². The lowest BCUT2D eigenvalue weighted by Crippen LogP contribution is -2.39. The van der Waals surface area contributed by atoms with Crippen molar-refractivity contribution in [2.24, 2.45) is 0 Å². The molecule has 0 radical (unpaired) electrons. The molecule has 0 spiro atoms. The maximum absolute atomic E-state index is 12.2. The number of piperidine rings is 1. The molecule has 6 heteroatoms. The van der Waals surface area contributed by atoms with Crippen LogP contribution in [0.15, 0.2) is 27.5 Å². The maximum Gasteiger partial charge on any atom is 0.257 e. The van der Waals surface area contributed by atoms with Gasteiger partial charge >= 0.3 is 0 Å². The van der Waals surface area contributed by atoms with E-state index in [0.29, 0.717) is 23.8 Å². The van der Waals surface area contributed by atoms with E-state index in [1.807, 2.05) is 4.90 Å². The molecular weight excluding hydrogens is 246 g/mol. The van der Waals surface area contributed by atoms with Crippen molar-refractivity contribution in [1.29, 1.82) is 0 Å². The van der Waals surface area contributed by atoms with Gasteiger partial charge in [0.1, 0.15) is 6.26 Å². The number of hydrogen-bond acceptors (Lipinski definition) is 5. The van der Waals surface area contributed by atoms with Gasteiger partial charge < -0.3 is 13.8 Å². The highest BCUT2D eigenvalue weighted by Crippen LogP contribution is 2.26. The topological polar surface area (TPSA) is 72.4 Å². The van der Waals surface area contributed by atoms with E-state index in [9.17, 15) is 4.79 Å². The monoisotopic (exact) mass is 261 g/mol. The van der Waals surface area contributed by atoms with Gasteiger partial charge in [-0.05, 0) is 25.8 Å². The lowest BCUT2D eigenvalue weighted by atomic mass is 9.97. The smallest absolute Gasteiger partial charge is 0.257 e. The highest BCUT2D eigenvalue weighted by molar-refractivity contribution is 5.93. The summed E-state index contributed by atoms with van der Waals surface area (Å²) in [6, 6.07) is 1.68. The van der Waals surface area contributed by atoms with E-state index in [0.717, 1.165) is 19.4 Å². The normalized spacial score (nSPS) is 19.6. The van der Waals surface area contributed by atoms with Gasteiger partial charge in [-0.1, -0.05) is 5.16 Å². The van der Waals surface area contributed by atoms with Crippen LogP contribution in [0.5, 0.6) is 0 Å². The summed E-state index contributed by atoms with van der Waals surface area (Å²) >= 11 is 0. The van der Waals surface area contributed by atoms with Crippen molar-refractivity contribution in [3.05, 3.63) is 35.9 Å². The fourth-order valence-electron chi connectivity index (χ4n) is 2.41. The largest absolute Gasteiger partial charge is 0.472 e. The fraction of sp³-hybridized carbons (Fsp3) is 0.462. The molecule has 100 valence electrons. The van der Waals surface area contributed by atoms with E-state index < -0.39 is 0 Å². The summed E-state index contributed by atoms with van der Waals surface area (Å²) in [4.78, 5) is 18.3. The van der Waals surface area contributed by atoms with Gasteiger partial charge in [0, 0.05) is 13.1 Å². The lowest BCUT2D eigenvalue weighted by Gasteiger charge is -2.30. The van der Waals surface area contributed by atoms with E-state index >= 15 is 0 Å². The second-order valence-corrected chi connectivity index (χ2v) is 4.78. The third kappa shape index (κ3) is 2.38. The molecule has 1 fully saturated rings. The number of carbonyl (C=O) groups excluding carboxylic acids is 1. The minimum absolute atomic E-state index is 0.00492. The number of aromatic nitrogens is 2. The molecule has 6 nitrogen and oxygen atoms in total. The van der Waals surface area contributed by atoms with Crippen LogP contribution >= 0.6 is 0 Å². The molecule has 2 aromatic rings. The summed E-state index contributed by atoms with van der Waals surface area (Å²) < 4.78 is 10.2. The second kappa shape index (κ2) is 4.87. The Morgan fingerprint density at radius 2 is 2.42 bits per heavy atom. The second-order valence-electron chi connectivity index (χ2n) is 4.78. The van der Waals surface area contributed by atoms with Crippen LogP contribution in [0.4, 0.5) is 0 Å². The standard InChI is InChI=1S/C13H15N3O3/c1-9-14-12(19-15-9)10-3-2-5-16(7-10)13(17)11-4-6-18-8-11/h4,6,8,10H,2-3,5,7H2,1H3/t10-/m1/s1. The van der Waals surface area contributed by atoms with Crippen molar-refractivity contribution >= 4 is 5.91 Å². The minimum atomic E-state index is -0.00492. The number of furan rings is 1. The summed E-state index contributed by atoms with van der Waals surface area (Å²) in [6.45, 7) is 3.17. The molecule has 1 saturated heterocycles. The van der Waals surface area contributed by atoms with E-state index in [1.165, 1.54) is 12.5 Å². The number of rotatable bonds is 2. The molecule has 1 aliphatic rings. The van der Waals surface area contributed by atoms with Crippen LogP contribution in [0.1, 0.15) is 40.8 Å². The average molecular weight is 261 g/mol. The number of likely N-dealkylation sites (tertiary alicyclic amines) is 1. The number of amides is 1. The Morgan fingerprint density at radius 1 is 1.53 bits per heavy atom. The van der Waals surface area contributed by atoms with Crippen LogP contribution in [0.3, 0.4) is 0 Å². The molecule has 3 heterocycles. The van der Waals surface area contributed by atoms with E-state index in [2.05, 4.69) is 10.1 Å². The lowest BCUT2D eigenvalue weighted by molar-refractivity contribution is 0.0695. The van der Waals surface area contributed by atoms with E-state index in [4.69, 9.17) is 8.94 Å². The van der Waals surface area contributed by atoms with Crippen molar-refractivity contribution in [2.75, 3.05) is 13.1 Å². The van der Waals surface area contributed by atoms with E-state index in [-0.39, 0.29) is 11.8 Å². The Labute approximate surface area is 110 Å². The Balaban J connectivity index is 1.73. The van der Waals surface area contributed by atoms with Crippen molar-refractivity contribution < 1.29 is 13.7 Å². The van der Waals surface area contributed by atoms with Crippen LogP contribution < -0.4 is 0 Å². The molecule has 1 aliphatic heterocycles. The third-order valence-corrected chi connectivity index (χ3v) is 3.37. The zero-order chi connectivity index (χ0) is 13.2. The first-order valence-electron chi connectivity index (χ1n) is 6.35. The fourth-order valence-corrected chi connectivity index (χ4v) is 2.41. The molecule has 0 N–H and O–H groups in total. The van der Waals surface area contributed by atoms with Gasteiger partial charge in [0.2, 0.25) is 5.89 Å². The molecule has 19 heavy (non-hydrogen) atoms. The minimum Gasteiger partial charge on any atom is -0.472 e. The summed E-state index contributed by atoms with van der Waals surface area (Å²) in [5, 5.41) is 3.81. The maximum atomic E-state index is 12.2. The number of carbonyl (C=O) groups is 1.